The third-order valence-electron chi connectivity index (χ3n) is 3.33. The molecule has 0 radical (unpaired) electrons. The number of hydrogen-bond donors (Lipinski definition) is 1. The van der Waals surface area contributed by atoms with Crippen LogP contribution in [0.5, 0.6) is 0 Å². The van der Waals surface area contributed by atoms with Crippen molar-refractivity contribution in [1.82, 2.24) is 5.32 Å². The van der Waals surface area contributed by atoms with Gasteiger partial charge < -0.3 is 5.32 Å². The van der Waals surface area contributed by atoms with Crippen molar-refractivity contribution in [2.24, 2.45) is 5.92 Å². The molecule has 2 saturated heterocycles. The Hall–Kier alpha value is -0.580. The minimum atomic E-state index is -4.36. The molecule has 2 aliphatic heterocycles. The molecule has 2 nitrogen and oxygen atoms in total. The maximum atomic E-state index is 12.6. The van der Waals surface area contributed by atoms with Crippen LogP contribution in [0.4, 0.5) is 13.2 Å². The lowest BCUT2D eigenvalue weighted by atomic mass is 9.94. The van der Waals surface area contributed by atoms with E-state index in [4.69, 9.17) is 0 Å². The van der Waals surface area contributed by atoms with E-state index in [2.05, 4.69) is 5.32 Å². The Morgan fingerprint density at radius 2 is 1.87 bits per heavy atom. The first-order chi connectivity index (χ1) is 6.97. The lowest BCUT2D eigenvalue weighted by molar-refractivity contribution is -0.182. The second-order valence-corrected chi connectivity index (χ2v) is 4.49. The van der Waals surface area contributed by atoms with Crippen LogP contribution >= 0.6 is 0 Å². The molecule has 5 heteroatoms. The number of nitrogens with one attached hydrogen (secondary N) is 1. The van der Waals surface area contributed by atoms with Gasteiger partial charge in [0, 0.05) is 18.5 Å². The molecular formula is C10H14F3NO. The van der Waals surface area contributed by atoms with Crippen molar-refractivity contribution in [2.75, 3.05) is 0 Å². The molecule has 2 rings (SSSR count). The van der Waals surface area contributed by atoms with Gasteiger partial charge in [0.15, 0.2) is 0 Å². The summed E-state index contributed by atoms with van der Waals surface area (Å²) >= 11 is 0. The maximum absolute atomic E-state index is 12.6. The summed E-state index contributed by atoms with van der Waals surface area (Å²) in [6.45, 7) is 0. The van der Waals surface area contributed by atoms with Gasteiger partial charge in [0.05, 0.1) is 0 Å². The number of carbonyl (C=O) groups is 1. The third kappa shape index (κ3) is 2.33. The van der Waals surface area contributed by atoms with Gasteiger partial charge in [0.25, 0.3) is 0 Å². The van der Waals surface area contributed by atoms with Crippen LogP contribution < -0.4 is 5.32 Å². The monoisotopic (exact) mass is 221 g/mol. The summed E-state index contributed by atoms with van der Waals surface area (Å²) < 4.78 is 37.7. The van der Waals surface area contributed by atoms with Crippen molar-refractivity contribution in [1.29, 1.82) is 0 Å². The first kappa shape index (κ1) is 10.9. The number of piperidine rings is 1. The molecule has 0 aromatic rings. The zero-order valence-electron chi connectivity index (χ0n) is 8.31. The molecule has 0 saturated carbocycles. The van der Waals surface area contributed by atoms with Crippen LogP contribution in [-0.2, 0) is 4.79 Å². The van der Waals surface area contributed by atoms with Crippen LogP contribution in [0, 0.1) is 5.92 Å². The maximum Gasteiger partial charge on any atom is 0.398 e. The fourth-order valence-corrected chi connectivity index (χ4v) is 2.57. The number of alkyl halides is 3. The fraction of sp³-hybridized carbons (Fsp3) is 0.900. The zero-order chi connectivity index (χ0) is 11.1. The minimum absolute atomic E-state index is 0.0244. The molecule has 0 spiro atoms. The van der Waals surface area contributed by atoms with Gasteiger partial charge >= 0.3 is 6.18 Å². The third-order valence-corrected chi connectivity index (χ3v) is 3.33. The van der Waals surface area contributed by atoms with Gasteiger partial charge in [-0.05, 0) is 19.3 Å². The van der Waals surface area contributed by atoms with Crippen LogP contribution in [0.3, 0.4) is 0 Å². The van der Waals surface area contributed by atoms with Crippen molar-refractivity contribution in [3.63, 3.8) is 0 Å². The van der Waals surface area contributed by atoms with Crippen LogP contribution in [0.15, 0.2) is 0 Å². The van der Waals surface area contributed by atoms with Crippen molar-refractivity contribution in [3.05, 3.63) is 0 Å². The van der Waals surface area contributed by atoms with Crippen molar-refractivity contribution in [3.8, 4) is 0 Å². The van der Waals surface area contributed by atoms with Gasteiger partial charge in [-0.25, -0.2) is 0 Å². The second-order valence-electron chi connectivity index (χ2n) is 4.49. The summed E-state index contributed by atoms with van der Waals surface area (Å²) in [4.78, 5) is 11.4. The predicted octanol–water partition coefficient (Wildman–Crippen LogP) is 2.04. The van der Waals surface area contributed by atoms with Gasteiger partial charge in [-0.15, -0.1) is 0 Å². The van der Waals surface area contributed by atoms with Crippen molar-refractivity contribution >= 4 is 5.78 Å². The molecular weight excluding hydrogens is 207 g/mol. The van der Waals surface area contributed by atoms with Crippen molar-refractivity contribution in [2.45, 2.75) is 50.4 Å². The topological polar surface area (TPSA) is 29.1 Å². The summed E-state index contributed by atoms with van der Waals surface area (Å²) in [7, 11) is 0. The van der Waals surface area contributed by atoms with E-state index in [0.717, 1.165) is 19.3 Å². The first-order valence-electron chi connectivity index (χ1n) is 5.32. The number of Topliss-reactive ketones (excluding diaryl/α,β-unsaturated/α-hetero) is 1. The summed E-state index contributed by atoms with van der Waals surface area (Å²) in [5.74, 6) is -2.37. The molecule has 0 aliphatic carbocycles. The van der Waals surface area contributed by atoms with Crippen LogP contribution in [0.25, 0.3) is 0 Å². The highest BCUT2D eigenvalue weighted by Gasteiger charge is 2.47. The Labute approximate surface area is 86.2 Å². The summed E-state index contributed by atoms with van der Waals surface area (Å²) in [5, 5.41) is 3.13. The number of fused-ring (bicyclic) bond motifs is 2. The molecule has 3 atom stereocenters. The highest BCUT2D eigenvalue weighted by Crippen LogP contribution is 2.36. The fourth-order valence-electron chi connectivity index (χ4n) is 2.57. The average molecular weight is 221 g/mol. The van der Waals surface area contributed by atoms with E-state index in [1.807, 2.05) is 0 Å². The van der Waals surface area contributed by atoms with Gasteiger partial charge in [0.1, 0.15) is 11.7 Å². The van der Waals surface area contributed by atoms with Crippen LogP contribution in [-0.4, -0.2) is 24.0 Å². The predicted molar refractivity (Wildman–Crippen MR) is 48.3 cm³/mol. The number of carbonyl (C=O) groups excluding carboxylic acids is 1. The van der Waals surface area contributed by atoms with E-state index in [0.29, 0.717) is 0 Å². The summed E-state index contributed by atoms with van der Waals surface area (Å²) in [6.07, 6.45) is -1.88. The summed E-state index contributed by atoms with van der Waals surface area (Å²) in [5.41, 5.74) is 0. The van der Waals surface area contributed by atoms with Crippen LogP contribution in [0.1, 0.15) is 32.1 Å². The number of halogens is 3. The second kappa shape index (κ2) is 3.77. The number of hydrogen-bond acceptors (Lipinski definition) is 2. The van der Waals surface area contributed by atoms with E-state index < -0.39 is 17.9 Å². The SMILES string of the molecule is O=C1CC2CCCC(CC1C(F)(F)F)N2. The van der Waals surface area contributed by atoms with E-state index in [-0.39, 0.29) is 24.9 Å². The standard InChI is InChI=1S/C10H14F3NO/c11-10(12,13)8-4-6-2-1-3-7(14-6)5-9(8)15/h6-8,14H,1-5H2. The normalized spacial score (nSPS) is 37.5. The smallest absolute Gasteiger partial charge is 0.311 e. The minimum Gasteiger partial charge on any atom is -0.311 e. The largest absolute Gasteiger partial charge is 0.398 e. The van der Waals surface area contributed by atoms with Crippen molar-refractivity contribution < 1.29 is 18.0 Å². The molecule has 0 aromatic heterocycles. The average Bonchev–Trinajstić information content (AvgIpc) is 2.22. The number of rotatable bonds is 0. The Morgan fingerprint density at radius 3 is 2.53 bits per heavy atom. The van der Waals surface area contributed by atoms with E-state index in [9.17, 15) is 18.0 Å². The molecule has 1 N–H and O–H groups in total. The summed E-state index contributed by atoms with van der Waals surface area (Å²) in [6, 6.07) is -0.148. The highest BCUT2D eigenvalue weighted by atomic mass is 19.4. The van der Waals surface area contributed by atoms with E-state index in [1.54, 1.807) is 0 Å². The molecule has 0 aromatic carbocycles. The number of ketones is 1. The lowest BCUT2D eigenvalue weighted by Crippen LogP contribution is -2.41. The Kier molecular flexibility index (Phi) is 2.75. The zero-order valence-corrected chi connectivity index (χ0v) is 8.31. The Bertz CT molecular complexity index is 264. The molecule has 15 heavy (non-hydrogen) atoms. The molecule has 3 unspecified atom stereocenters. The Morgan fingerprint density at radius 1 is 1.20 bits per heavy atom. The van der Waals surface area contributed by atoms with Gasteiger partial charge in [-0.3, -0.25) is 4.79 Å². The van der Waals surface area contributed by atoms with E-state index in [1.165, 1.54) is 0 Å². The highest BCUT2D eigenvalue weighted by molar-refractivity contribution is 5.82. The quantitative estimate of drug-likeness (QED) is 0.678. The molecule has 2 fully saturated rings. The molecule has 0 amide bonds. The lowest BCUT2D eigenvalue weighted by Gasteiger charge is -2.28. The van der Waals surface area contributed by atoms with E-state index >= 15 is 0 Å². The first-order valence-corrected chi connectivity index (χ1v) is 5.32. The molecule has 2 heterocycles. The van der Waals surface area contributed by atoms with Gasteiger partial charge in [0.2, 0.25) is 0 Å². The molecule has 2 bridgehead atoms. The van der Waals surface area contributed by atoms with Gasteiger partial charge in [-0.1, -0.05) is 6.42 Å². The van der Waals surface area contributed by atoms with Gasteiger partial charge in [-0.2, -0.15) is 13.2 Å². The Balaban J connectivity index is 2.16. The molecule has 86 valence electrons. The molecule has 2 aliphatic rings. The van der Waals surface area contributed by atoms with Crippen LogP contribution in [0.2, 0.25) is 0 Å².